The van der Waals surface area contributed by atoms with Crippen molar-refractivity contribution in [3.8, 4) is 22.6 Å². The SMILES string of the molecule is COc1cc(OC)c(NC(=S)Nc2ccc(-c3ccc(C(N)=O)c(F)c3)c(C(F)(F)F)c2)cc1Cl. The van der Waals surface area contributed by atoms with Crippen LogP contribution in [-0.2, 0) is 6.18 Å². The summed E-state index contributed by atoms with van der Waals surface area (Å²) in [6, 6.07) is 9.39. The molecule has 0 fully saturated rings. The minimum atomic E-state index is -4.77. The van der Waals surface area contributed by atoms with Crippen molar-refractivity contribution in [3.63, 3.8) is 0 Å². The van der Waals surface area contributed by atoms with Gasteiger partial charge in [0.2, 0.25) is 0 Å². The van der Waals surface area contributed by atoms with E-state index >= 15 is 0 Å². The summed E-state index contributed by atoms with van der Waals surface area (Å²) < 4.78 is 66.0. The summed E-state index contributed by atoms with van der Waals surface area (Å²) in [5, 5.41) is 5.70. The summed E-state index contributed by atoms with van der Waals surface area (Å²) in [6.07, 6.45) is -4.77. The molecule has 3 rings (SSSR count). The Kier molecular flexibility index (Phi) is 7.71. The van der Waals surface area contributed by atoms with Crippen LogP contribution < -0.4 is 25.8 Å². The van der Waals surface area contributed by atoms with E-state index in [9.17, 15) is 22.4 Å². The molecule has 0 radical (unpaired) electrons. The number of hydrogen-bond acceptors (Lipinski definition) is 4. The quantitative estimate of drug-likeness (QED) is 0.266. The lowest BCUT2D eigenvalue weighted by atomic mass is 9.97. The van der Waals surface area contributed by atoms with Crippen molar-refractivity contribution in [1.29, 1.82) is 0 Å². The van der Waals surface area contributed by atoms with Gasteiger partial charge in [0.25, 0.3) is 5.91 Å². The van der Waals surface area contributed by atoms with E-state index in [2.05, 4.69) is 10.6 Å². The Morgan fingerprint density at radius 3 is 2.26 bits per heavy atom. The highest BCUT2D eigenvalue weighted by molar-refractivity contribution is 7.80. The van der Waals surface area contributed by atoms with Crippen LogP contribution in [-0.4, -0.2) is 25.2 Å². The molecule has 0 saturated carbocycles. The molecule has 0 atom stereocenters. The van der Waals surface area contributed by atoms with E-state index in [1.165, 1.54) is 38.5 Å². The molecule has 35 heavy (non-hydrogen) atoms. The Labute approximate surface area is 208 Å². The van der Waals surface area contributed by atoms with E-state index in [0.29, 0.717) is 17.2 Å². The molecule has 1 amide bonds. The first kappa shape index (κ1) is 26.0. The predicted octanol–water partition coefficient (Wildman–Crippen LogP) is 6.09. The summed E-state index contributed by atoms with van der Waals surface area (Å²) in [7, 11) is 2.85. The number of methoxy groups -OCH3 is 2. The summed E-state index contributed by atoms with van der Waals surface area (Å²) >= 11 is 11.3. The van der Waals surface area contributed by atoms with Gasteiger partial charge in [0.05, 0.1) is 36.1 Å². The zero-order valence-corrected chi connectivity index (χ0v) is 19.8. The van der Waals surface area contributed by atoms with Gasteiger partial charge in [-0.2, -0.15) is 13.2 Å². The third kappa shape index (κ3) is 5.92. The van der Waals surface area contributed by atoms with Crippen molar-refractivity contribution < 1.29 is 31.8 Å². The highest BCUT2D eigenvalue weighted by atomic mass is 35.5. The second-order valence-corrected chi connectivity index (χ2v) is 7.90. The molecule has 0 spiro atoms. The third-order valence-electron chi connectivity index (χ3n) is 4.85. The Balaban J connectivity index is 1.91. The van der Waals surface area contributed by atoms with Crippen LogP contribution in [0, 0.1) is 5.82 Å². The van der Waals surface area contributed by atoms with Crippen LogP contribution in [0.15, 0.2) is 48.5 Å². The number of anilines is 2. The van der Waals surface area contributed by atoms with Gasteiger partial charge in [-0.1, -0.05) is 23.7 Å². The lowest BCUT2D eigenvalue weighted by Gasteiger charge is -2.18. The minimum absolute atomic E-state index is 0.0198. The maximum absolute atomic E-state index is 14.2. The Bertz CT molecular complexity index is 1300. The standard InChI is InChI=1S/C23H18ClF4N3O3S/c1-33-19-10-20(34-2)18(9-16(19)24)31-22(35)30-12-4-6-13(15(8-12)23(26,27)28)11-3-5-14(21(29)32)17(25)7-11/h3-10H,1-2H3,(H2,29,32)(H2,30,31,35). The number of nitrogens with one attached hydrogen (secondary N) is 2. The summed E-state index contributed by atoms with van der Waals surface area (Å²) in [5.74, 6) is -1.36. The van der Waals surface area contributed by atoms with Gasteiger partial charge in [0.15, 0.2) is 5.11 Å². The van der Waals surface area contributed by atoms with Gasteiger partial charge in [-0.25, -0.2) is 4.39 Å². The summed E-state index contributed by atoms with van der Waals surface area (Å²) in [6.45, 7) is 0. The highest BCUT2D eigenvalue weighted by Crippen LogP contribution is 2.39. The van der Waals surface area contributed by atoms with Gasteiger partial charge in [-0.05, 0) is 53.7 Å². The van der Waals surface area contributed by atoms with Gasteiger partial charge in [-0.15, -0.1) is 0 Å². The van der Waals surface area contributed by atoms with Crippen molar-refractivity contribution in [2.24, 2.45) is 5.73 Å². The summed E-state index contributed by atoms with van der Waals surface area (Å²) in [5.41, 5.74) is 3.60. The molecule has 0 unspecified atom stereocenters. The number of halogens is 5. The molecule has 0 aliphatic heterocycles. The molecule has 0 aliphatic carbocycles. The minimum Gasteiger partial charge on any atom is -0.495 e. The molecular formula is C23H18ClF4N3O3S. The van der Waals surface area contributed by atoms with E-state index in [1.54, 1.807) is 0 Å². The monoisotopic (exact) mass is 527 g/mol. The normalized spacial score (nSPS) is 11.1. The Morgan fingerprint density at radius 2 is 1.69 bits per heavy atom. The van der Waals surface area contributed by atoms with E-state index in [-0.39, 0.29) is 26.9 Å². The van der Waals surface area contributed by atoms with Crippen molar-refractivity contribution in [3.05, 3.63) is 70.5 Å². The van der Waals surface area contributed by atoms with Crippen LogP contribution in [0.5, 0.6) is 11.5 Å². The number of carbonyl (C=O) groups excluding carboxylic acids is 1. The average molecular weight is 528 g/mol. The number of alkyl halides is 3. The van der Waals surface area contributed by atoms with Crippen molar-refractivity contribution >= 4 is 46.2 Å². The van der Waals surface area contributed by atoms with Gasteiger partial charge in [-0.3, -0.25) is 4.79 Å². The van der Waals surface area contributed by atoms with Gasteiger partial charge in [0, 0.05) is 11.8 Å². The maximum Gasteiger partial charge on any atom is 0.417 e. The number of thiocarbonyl (C=S) groups is 1. The lowest BCUT2D eigenvalue weighted by Crippen LogP contribution is -2.20. The zero-order valence-electron chi connectivity index (χ0n) is 18.2. The molecule has 3 aromatic rings. The fraction of sp³-hybridized carbons (Fsp3) is 0.130. The number of primary amides is 1. The van der Waals surface area contributed by atoms with E-state index in [4.69, 9.17) is 39.0 Å². The number of nitrogens with two attached hydrogens (primary N) is 1. The molecule has 0 saturated heterocycles. The average Bonchev–Trinajstić information content (AvgIpc) is 2.78. The molecule has 0 aliphatic rings. The second kappa shape index (κ2) is 10.4. The fourth-order valence-corrected chi connectivity index (χ4v) is 3.70. The smallest absolute Gasteiger partial charge is 0.417 e. The third-order valence-corrected chi connectivity index (χ3v) is 5.35. The molecule has 0 bridgehead atoms. The predicted molar refractivity (Wildman–Crippen MR) is 130 cm³/mol. The van der Waals surface area contributed by atoms with Crippen LogP contribution in [0.2, 0.25) is 5.02 Å². The first-order valence-electron chi connectivity index (χ1n) is 9.75. The number of hydrogen-bond donors (Lipinski definition) is 3. The van der Waals surface area contributed by atoms with Crippen LogP contribution in [0.4, 0.5) is 28.9 Å². The Hall–Kier alpha value is -3.57. The number of rotatable bonds is 6. The van der Waals surface area contributed by atoms with Crippen LogP contribution in [0.1, 0.15) is 15.9 Å². The zero-order chi connectivity index (χ0) is 25.9. The maximum atomic E-state index is 14.2. The molecule has 6 nitrogen and oxygen atoms in total. The second-order valence-electron chi connectivity index (χ2n) is 7.08. The molecule has 0 aromatic heterocycles. The summed E-state index contributed by atoms with van der Waals surface area (Å²) in [4.78, 5) is 11.2. The Morgan fingerprint density at radius 1 is 1.00 bits per heavy atom. The molecule has 3 aromatic carbocycles. The van der Waals surface area contributed by atoms with Crippen molar-refractivity contribution in [2.45, 2.75) is 6.18 Å². The van der Waals surface area contributed by atoms with E-state index in [0.717, 1.165) is 24.3 Å². The van der Waals surface area contributed by atoms with E-state index in [1.807, 2.05) is 0 Å². The molecule has 4 N–H and O–H groups in total. The largest absolute Gasteiger partial charge is 0.495 e. The molecule has 0 heterocycles. The van der Waals surface area contributed by atoms with Gasteiger partial charge in [0.1, 0.15) is 17.3 Å². The van der Waals surface area contributed by atoms with Crippen molar-refractivity contribution in [2.75, 3.05) is 24.9 Å². The highest BCUT2D eigenvalue weighted by Gasteiger charge is 2.34. The lowest BCUT2D eigenvalue weighted by molar-refractivity contribution is -0.137. The first-order valence-corrected chi connectivity index (χ1v) is 10.5. The van der Waals surface area contributed by atoms with Crippen LogP contribution in [0.25, 0.3) is 11.1 Å². The van der Waals surface area contributed by atoms with Crippen LogP contribution in [0.3, 0.4) is 0 Å². The first-order chi connectivity index (χ1) is 16.4. The van der Waals surface area contributed by atoms with Gasteiger partial charge >= 0.3 is 6.18 Å². The molecule has 184 valence electrons. The number of amides is 1. The molecular weight excluding hydrogens is 510 g/mol. The van der Waals surface area contributed by atoms with E-state index < -0.39 is 29.0 Å². The number of ether oxygens (including phenoxy) is 2. The topological polar surface area (TPSA) is 85.6 Å². The van der Waals surface area contributed by atoms with Crippen molar-refractivity contribution in [1.82, 2.24) is 0 Å². The number of carbonyl (C=O) groups is 1. The number of benzene rings is 3. The van der Waals surface area contributed by atoms with Crippen LogP contribution >= 0.6 is 23.8 Å². The fourth-order valence-electron chi connectivity index (χ4n) is 3.23. The van der Waals surface area contributed by atoms with Gasteiger partial charge < -0.3 is 25.8 Å². The molecule has 12 heteroatoms.